The maximum atomic E-state index is 12.5. The van der Waals surface area contributed by atoms with Gasteiger partial charge in [-0.25, -0.2) is 9.97 Å². The fraction of sp³-hybridized carbons (Fsp3) is 0.190. The smallest absolute Gasteiger partial charge is 0.275 e. The molecule has 27 heavy (non-hydrogen) atoms. The molecule has 0 aliphatic rings. The monoisotopic (exact) mass is 362 g/mol. The number of nitrogens with one attached hydrogen (secondary N) is 2. The van der Waals surface area contributed by atoms with Crippen LogP contribution in [0.2, 0.25) is 0 Å². The molecule has 0 unspecified atom stereocenters. The lowest BCUT2D eigenvalue weighted by Gasteiger charge is -2.14. The minimum atomic E-state index is -0.343. The van der Waals surface area contributed by atoms with Crippen molar-refractivity contribution in [1.29, 1.82) is 0 Å². The first-order valence-electron chi connectivity index (χ1n) is 8.74. The van der Waals surface area contributed by atoms with Gasteiger partial charge in [-0.1, -0.05) is 24.3 Å². The summed E-state index contributed by atoms with van der Waals surface area (Å²) in [6.45, 7) is 5.89. The van der Waals surface area contributed by atoms with Crippen molar-refractivity contribution in [2.24, 2.45) is 0 Å². The van der Waals surface area contributed by atoms with Gasteiger partial charge in [-0.15, -0.1) is 0 Å². The third-order valence-corrected chi connectivity index (χ3v) is 3.67. The van der Waals surface area contributed by atoms with Crippen LogP contribution in [-0.4, -0.2) is 22.0 Å². The molecule has 2 aromatic carbocycles. The second-order valence-electron chi connectivity index (χ2n) is 6.40. The number of anilines is 3. The van der Waals surface area contributed by atoms with Crippen LogP contribution < -0.4 is 15.4 Å². The molecule has 0 aliphatic carbocycles. The molecule has 138 valence electrons. The molecule has 1 aromatic heterocycles. The summed E-state index contributed by atoms with van der Waals surface area (Å²) in [5, 5.41) is 5.99. The Morgan fingerprint density at radius 2 is 1.85 bits per heavy atom. The van der Waals surface area contributed by atoms with E-state index in [9.17, 15) is 4.79 Å². The molecule has 3 rings (SSSR count). The second kappa shape index (κ2) is 8.31. The van der Waals surface area contributed by atoms with Crippen molar-refractivity contribution in [3.05, 3.63) is 72.2 Å². The Hall–Kier alpha value is -3.41. The minimum Gasteiger partial charge on any atom is -0.489 e. The molecule has 0 atom stereocenters. The molecule has 0 bridgehead atoms. The number of para-hydroxylation sites is 2. The van der Waals surface area contributed by atoms with Gasteiger partial charge in [-0.3, -0.25) is 4.79 Å². The highest BCUT2D eigenvalue weighted by Gasteiger charge is 2.12. The average Bonchev–Trinajstić information content (AvgIpc) is 2.63. The van der Waals surface area contributed by atoms with E-state index in [1.54, 1.807) is 6.07 Å². The fourth-order valence-corrected chi connectivity index (χ4v) is 2.49. The first kappa shape index (κ1) is 18.4. The molecule has 6 heteroatoms. The molecule has 2 N–H and O–H groups in total. The van der Waals surface area contributed by atoms with Gasteiger partial charge in [0, 0.05) is 5.69 Å². The molecular weight excluding hydrogens is 340 g/mol. The van der Waals surface area contributed by atoms with Crippen LogP contribution in [0.4, 0.5) is 17.2 Å². The number of carbonyl (C=O) groups is 1. The lowest BCUT2D eigenvalue weighted by Crippen LogP contribution is -2.16. The lowest BCUT2D eigenvalue weighted by molar-refractivity contribution is 0.102. The van der Waals surface area contributed by atoms with E-state index in [2.05, 4.69) is 20.6 Å². The zero-order chi connectivity index (χ0) is 19.2. The van der Waals surface area contributed by atoms with Crippen molar-refractivity contribution in [2.75, 3.05) is 10.6 Å². The topological polar surface area (TPSA) is 76.1 Å². The predicted octanol–water partition coefficient (Wildman–Crippen LogP) is 4.57. The van der Waals surface area contributed by atoms with E-state index in [4.69, 9.17) is 4.74 Å². The van der Waals surface area contributed by atoms with E-state index in [0.717, 1.165) is 11.3 Å². The van der Waals surface area contributed by atoms with Gasteiger partial charge < -0.3 is 15.4 Å². The van der Waals surface area contributed by atoms with Gasteiger partial charge in [-0.05, 0) is 50.6 Å². The Morgan fingerprint density at radius 1 is 1.04 bits per heavy atom. The number of hydrogen-bond acceptors (Lipinski definition) is 5. The molecule has 0 spiro atoms. The summed E-state index contributed by atoms with van der Waals surface area (Å²) in [6.07, 6.45) is 2.99. The number of nitrogens with zero attached hydrogens (tertiary/aromatic N) is 2. The molecule has 3 aromatic rings. The average molecular weight is 362 g/mol. The molecule has 0 radical (unpaired) electrons. The van der Waals surface area contributed by atoms with Crippen LogP contribution in [-0.2, 0) is 0 Å². The van der Waals surface area contributed by atoms with E-state index in [0.29, 0.717) is 17.3 Å². The van der Waals surface area contributed by atoms with Crippen molar-refractivity contribution < 1.29 is 9.53 Å². The number of aromatic nitrogens is 2. The van der Waals surface area contributed by atoms with Gasteiger partial charge in [0.15, 0.2) is 0 Å². The normalized spacial score (nSPS) is 10.5. The van der Waals surface area contributed by atoms with Gasteiger partial charge >= 0.3 is 0 Å². The second-order valence-corrected chi connectivity index (χ2v) is 6.40. The number of amides is 1. The maximum absolute atomic E-state index is 12.5. The number of aryl methyl sites for hydroxylation is 1. The zero-order valence-electron chi connectivity index (χ0n) is 15.6. The highest BCUT2D eigenvalue weighted by Crippen LogP contribution is 2.25. The Morgan fingerprint density at radius 3 is 2.56 bits per heavy atom. The fourth-order valence-electron chi connectivity index (χ4n) is 2.49. The molecular formula is C21H22N4O2. The summed E-state index contributed by atoms with van der Waals surface area (Å²) in [5.41, 5.74) is 2.89. The Kier molecular flexibility index (Phi) is 5.66. The van der Waals surface area contributed by atoms with Crippen molar-refractivity contribution in [2.45, 2.75) is 26.9 Å². The van der Waals surface area contributed by atoms with Crippen molar-refractivity contribution >= 4 is 23.1 Å². The summed E-state index contributed by atoms with van der Waals surface area (Å²) < 4.78 is 5.72. The first-order chi connectivity index (χ1) is 13.0. The molecule has 1 amide bonds. The first-order valence-corrected chi connectivity index (χ1v) is 8.74. The zero-order valence-corrected chi connectivity index (χ0v) is 15.6. The number of rotatable bonds is 6. The maximum Gasteiger partial charge on any atom is 0.275 e. The number of benzene rings is 2. The molecule has 0 saturated heterocycles. The van der Waals surface area contributed by atoms with E-state index in [1.165, 1.54) is 12.4 Å². The highest BCUT2D eigenvalue weighted by atomic mass is 16.5. The number of carbonyl (C=O) groups excluding carboxylic acids is 1. The lowest BCUT2D eigenvalue weighted by atomic mass is 10.2. The predicted molar refractivity (Wildman–Crippen MR) is 107 cm³/mol. The number of hydrogen-bond donors (Lipinski definition) is 2. The van der Waals surface area contributed by atoms with Crippen LogP contribution >= 0.6 is 0 Å². The van der Waals surface area contributed by atoms with Crippen LogP contribution in [0.25, 0.3) is 0 Å². The van der Waals surface area contributed by atoms with Crippen LogP contribution in [0.3, 0.4) is 0 Å². The quantitative estimate of drug-likeness (QED) is 0.672. The van der Waals surface area contributed by atoms with Crippen LogP contribution in [0.1, 0.15) is 29.9 Å². The molecule has 0 fully saturated rings. The summed E-state index contributed by atoms with van der Waals surface area (Å²) >= 11 is 0. The minimum absolute atomic E-state index is 0.00910. The van der Waals surface area contributed by atoms with E-state index >= 15 is 0 Å². The summed E-state index contributed by atoms with van der Waals surface area (Å²) in [5.74, 6) is 0.844. The molecule has 1 heterocycles. The van der Waals surface area contributed by atoms with E-state index < -0.39 is 0 Å². The van der Waals surface area contributed by atoms with Gasteiger partial charge in [0.25, 0.3) is 5.91 Å². The Bertz CT molecular complexity index is 923. The molecule has 0 saturated carbocycles. The molecule has 6 nitrogen and oxygen atoms in total. The standard InChI is InChI=1S/C21H22N4O2/c1-14(2)27-19-10-5-4-9-17(19)25-21(26)18-12-23-20(13-22-18)24-16-8-6-7-15(3)11-16/h4-14H,1-3H3,(H,23,24)(H,25,26). The van der Waals surface area contributed by atoms with Gasteiger partial charge in [0.2, 0.25) is 0 Å². The molecule has 0 aliphatic heterocycles. The van der Waals surface area contributed by atoms with Gasteiger partial charge in [0.05, 0.1) is 24.2 Å². The van der Waals surface area contributed by atoms with Gasteiger partial charge in [-0.2, -0.15) is 0 Å². The SMILES string of the molecule is Cc1cccc(Nc2cnc(C(=O)Nc3ccccc3OC(C)C)cn2)c1. The third kappa shape index (κ3) is 5.04. The van der Waals surface area contributed by atoms with Gasteiger partial charge in [0.1, 0.15) is 17.3 Å². The van der Waals surface area contributed by atoms with Crippen LogP contribution in [0.15, 0.2) is 60.9 Å². The highest BCUT2D eigenvalue weighted by molar-refractivity contribution is 6.03. The Balaban J connectivity index is 1.69. The summed E-state index contributed by atoms with van der Waals surface area (Å²) in [4.78, 5) is 21.0. The van der Waals surface area contributed by atoms with Crippen molar-refractivity contribution in [3.63, 3.8) is 0 Å². The largest absolute Gasteiger partial charge is 0.489 e. The third-order valence-electron chi connectivity index (χ3n) is 3.67. The number of ether oxygens (including phenoxy) is 1. The summed E-state index contributed by atoms with van der Waals surface area (Å²) in [6, 6.07) is 15.2. The van der Waals surface area contributed by atoms with Crippen molar-refractivity contribution in [1.82, 2.24) is 9.97 Å². The van der Waals surface area contributed by atoms with E-state index in [1.807, 2.05) is 63.2 Å². The summed E-state index contributed by atoms with van der Waals surface area (Å²) in [7, 11) is 0. The van der Waals surface area contributed by atoms with Crippen molar-refractivity contribution in [3.8, 4) is 5.75 Å². The van der Waals surface area contributed by atoms with E-state index in [-0.39, 0.29) is 17.7 Å². The van der Waals surface area contributed by atoms with Crippen LogP contribution in [0, 0.1) is 6.92 Å². The Labute approximate surface area is 158 Å². The van der Waals surface area contributed by atoms with Crippen LogP contribution in [0.5, 0.6) is 5.75 Å².